The zero-order valence-corrected chi connectivity index (χ0v) is 13.1. The molecule has 1 aromatic heterocycles. The third-order valence-corrected chi connectivity index (χ3v) is 3.65. The zero-order chi connectivity index (χ0) is 18.8. The largest absolute Gasteiger partial charge is 0.476 e. The fourth-order valence-electron chi connectivity index (χ4n) is 2.39. The molecule has 0 radical (unpaired) electrons. The normalized spacial score (nSPS) is 14.1. The van der Waals surface area contributed by atoms with Crippen LogP contribution in [0.1, 0.15) is 27.3 Å². The van der Waals surface area contributed by atoms with Crippen LogP contribution in [0.5, 0.6) is 0 Å². The van der Waals surface area contributed by atoms with Crippen LogP contribution in [-0.2, 0) is 4.79 Å². The molecule has 0 spiro atoms. The lowest BCUT2D eigenvalue weighted by molar-refractivity contribution is -0.120. The van der Waals surface area contributed by atoms with Gasteiger partial charge in [0.1, 0.15) is 5.82 Å². The summed E-state index contributed by atoms with van der Waals surface area (Å²) in [6, 6.07) is 2.53. The number of halogens is 1. The standard InChI is InChI=1S/C15H12FN5O5/c16-8-2-1-7(5-10(8)21-4-3-11(22)19-15(21)26)13(23)18-9-6-17-20-12(9)14(24)25/h1-2,5-6H,3-4H2,(H,17,20)(H,18,23)(H,24,25)(H,19,22,26). The Kier molecular flexibility index (Phi) is 4.35. The van der Waals surface area contributed by atoms with Gasteiger partial charge in [0.2, 0.25) is 5.91 Å². The molecule has 0 saturated carbocycles. The number of benzene rings is 1. The Morgan fingerprint density at radius 3 is 2.77 bits per heavy atom. The van der Waals surface area contributed by atoms with Crippen LogP contribution >= 0.6 is 0 Å². The van der Waals surface area contributed by atoms with Crippen LogP contribution in [0.3, 0.4) is 0 Å². The van der Waals surface area contributed by atoms with Crippen molar-refractivity contribution >= 4 is 35.2 Å². The molecule has 11 heteroatoms. The first-order valence-corrected chi connectivity index (χ1v) is 7.35. The van der Waals surface area contributed by atoms with Gasteiger partial charge in [-0.1, -0.05) is 0 Å². The predicted octanol–water partition coefficient (Wildman–Crippen LogP) is 0.946. The summed E-state index contributed by atoms with van der Waals surface area (Å²) in [5.41, 5.74) is -0.554. The fraction of sp³-hybridized carbons (Fsp3) is 0.133. The molecule has 1 aliphatic rings. The maximum atomic E-state index is 14.1. The molecule has 0 bridgehead atoms. The van der Waals surface area contributed by atoms with Gasteiger partial charge in [-0.15, -0.1) is 0 Å². The summed E-state index contributed by atoms with van der Waals surface area (Å²) in [6.07, 6.45) is 1.12. The number of nitrogens with one attached hydrogen (secondary N) is 3. The lowest BCUT2D eigenvalue weighted by Crippen LogP contribution is -2.50. The number of H-pyrrole nitrogens is 1. The number of hydrogen-bond donors (Lipinski definition) is 4. The van der Waals surface area contributed by atoms with Gasteiger partial charge < -0.3 is 10.4 Å². The average molecular weight is 361 g/mol. The number of amides is 4. The van der Waals surface area contributed by atoms with E-state index in [1.807, 2.05) is 0 Å². The van der Waals surface area contributed by atoms with Crippen LogP contribution in [0, 0.1) is 5.82 Å². The number of hydrogen-bond acceptors (Lipinski definition) is 5. The number of aromatic carboxylic acids is 1. The van der Waals surface area contributed by atoms with Gasteiger partial charge >= 0.3 is 12.0 Å². The van der Waals surface area contributed by atoms with E-state index in [1.54, 1.807) is 0 Å². The highest BCUT2D eigenvalue weighted by Gasteiger charge is 2.27. The smallest absolute Gasteiger partial charge is 0.356 e. The van der Waals surface area contributed by atoms with E-state index >= 15 is 0 Å². The molecule has 134 valence electrons. The summed E-state index contributed by atoms with van der Waals surface area (Å²) < 4.78 is 14.1. The molecule has 3 rings (SSSR count). The van der Waals surface area contributed by atoms with E-state index < -0.39 is 29.6 Å². The number of carbonyl (C=O) groups is 4. The number of anilines is 2. The quantitative estimate of drug-likeness (QED) is 0.638. The minimum Gasteiger partial charge on any atom is -0.476 e. The number of urea groups is 1. The minimum absolute atomic E-state index is 0.00139. The van der Waals surface area contributed by atoms with Crippen LogP contribution in [0.4, 0.5) is 20.6 Å². The van der Waals surface area contributed by atoms with Crippen LogP contribution in [0.15, 0.2) is 24.4 Å². The third-order valence-electron chi connectivity index (χ3n) is 3.65. The summed E-state index contributed by atoms with van der Waals surface area (Å²) >= 11 is 0. The lowest BCUT2D eigenvalue weighted by Gasteiger charge is -2.27. The molecule has 10 nitrogen and oxygen atoms in total. The molecular weight excluding hydrogens is 349 g/mol. The molecule has 1 aromatic carbocycles. The first kappa shape index (κ1) is 17.1. The van der Waals surface area contributed by atoms with Gasteiger partial charge in [-0.25, -0.2) is 14.0 Å². The van der Waals surface area contributed by atoms with E-state index in [0.29, 0.717) is 0 Å². The molecule has 1 fully saturated rings. The highest BCUT2D eigenvalue weighted by molar-refractivity contribution is 6.09. The second-order valence-corrected chi connectivity index (χ2v) is 5.34. The van der Waals surface area contributed by atoms with Crippen LogP contribution in [-0.4, -0.2) is 45.7 Å². The van der Waals surface area contributed by atoms with Crippen molar-refractivity contribution in [1.82, 2.24) is 15.5 Å². The van der Waals surface area contributed by atoms with E-state index in [2.05, 4.69) is 20.8 Å². The molecule has 0 unspecified atom stereocenters. The van der Waals surface area contributed by atoms with Crippen molar-refractivity contribution in [1.29, 1.82) is 0 Å². The van der Waals surface area contributed by atoms with Crippen molar-refractivity contribution in [2.24, 2.45) is 0 Å². The molecule has 4 amide bonds. The highest BCUT2D eigenvalue weighted by atomic mass is 19.1. The Bertz CT molecular complexity index is 925. The van der Waals surface area contributed by atoms with Gasteiger partial charge in [-0.3, -0.25) is 24.9 Å². The Labute approximate surface area is 145 Å². The van der Waals surface area contributed by atoms with Gasteiger partial charge in [-0.05, 0) is 18.2 Å². The fourth-order valence-corrected chi connectivity index (χ4v) is 2.39. The number of rotatable bonds is 4. The van der Waals surface area contributed by atoms with Crippen molar-refractivity contribution in [2.45, 2.75) is 6.42 Å². The Balaban J connectivity index is 1.86. The Hall–Kier alpha value is -3.76. The number of carbonyl (C=O) groups excluding carboxylic acids is 3. The molecule has 26 heavy (non-hydrogen) atoms. The maximum Gasteiger partial charge on any atom is 0.356 e. The van der Waals surface area contributed by atoms with E-state index in [4.69, 9.17) is 5.11 Å². The topological polar surface area (TPSA) is 144 Å². The lowest BCUT2D eigenvalue weighted by atomic mass is 10.1. The van der Waals surface area contributed by atoms with Gasteiger partial charge in [0.15, 0.2) is 5.69 Å². The van der Waals surface area contributed by atoms with E-state index in [0.717, 1.165) is 23.2 Å². The Morgan fingerprint density at radius 2 is 2.08 bits per heavy atom. The first-order chi connectivity index (χ1) is 12.4. The van der Waals surface area contributed by atoms with Crippen molar-refractivity contribution < 1.29 is 28.7 Å². The van der Waals surface area contributed by atoms with E-state index in [-0.39, 0.29) is 35.6 Å². The molecule has 0 aliphatic carbocycles. The maximum absolute atomic E-state index is 14.1. The number of nitrogens with zero attached hydrogens (tertiary/aromatic N) is 2. The number of carboxylic acids is 1. The highest BCUT2D eigenvalue weighted by Crippen LogP contribution is 2.24. The monoisotopic (exact) mass is 361 g/mol. The molecule has 4 N–H and O–H groups in total. The Morgan fingerprint density at radius 1 is 1.31 bits per heavy atom. The third kappa shape index (κ3) is 3.22. The minimum atomic E-state index is -1.31. The molecule has 1 saturated heterocycles. The number of carboxylic acid groups (broad SMARTS) is 1. The zero-order valence-electron chi connectivity index (χ0n) is 13.1. The van der Waals surface area contributed by atoms with E-state index in [9.17, 15) is 23.6 Å². The van der Waals surface area contributed by atoms with E-state index in [1.165, 1.54) is 6.07 Å². The molecule has 2 aromatic rings. The summed E-state index contributed by atoms with van der Waals surface area (Å²) in [7, 11) is 0. The van der Waals surface area contributed by atoms with Crippen LogP contribution in [0.2, 0.25) is 0 Å². The van der Waals surface area contributed by atoms with Gasteiger partial charge in [0.25, 0.3) is 5.91 Å². The second-order valence-electron chi connectivity index (χ2n) is 5.34. The molecule has 0 atom stereocenters. The second kappa shape index (κ2) is 6.63. The SMILES string of the molecule is O=C1CCN(c2cc(C(=O)Nc3cn[nH]c3C(=O)O)ccc2F)C(=O)N1. The van der Waals surface area contributed by atoms with Crippen molar-refractivity contribution in [3.63, 3.8) is 0 Å². The van der Waals surface area contributed by atoms with Gasteiger partial charge in [-0.2, -0.15) is 5.10 Å². The van der Waals surface area contributed by atoms with Crippen LogP contribution < -0.4 is 15.5 Å². The average Bonchev–Trinajstić information content (AvgIpc) is 3.04. The van der Waals surface area contributed by atoms with Crippen molar-refractivity contribution in [3.8, 4) is 0 Å². The summed E-state index contributed by atoms with van der Waals surface area (Å²) in [4.78, 5) is 47.4. The number of aromatic amines is 1. The van der Waals surface area contributed by atoms with Crippen LogP contribution in [0.25, 0.3) is 0 Å². The predicted molar refractivity (Wildman–Crippen MR) is 85.4 cm³/mol. The summed E-state index contributed by atoms with van der Waals surface area (Å²) in [5.74, 6) is -3.25. The number of imide groups is 1. The molecule has 2 heterocycles. The first-order valence-electron chi connectivity index (χ1n) is 7.35. The summed E-state index contributed by atoms with van der Waals surface area (Å²) in [6.45, 7) is -0.0302. The van der Waals surface area contributed by atoms with Crippen molar-refractivity contribution in [2.75, 3.05) is 16.8 Å². The molecular formula is C15H12FN5O5. The van der Waals surface area contributed by atoms with Gasteiger partial charge in [0, 0.05) is 18.5 Å². The number of aromatic nitrogens is 2. The molecule has 1 aliphatic heterocycles. The van der Waals surface area contributed by atoms with Crippen molar-refractivity contribution in [3.05, 3.63) is 41.5 Å². The van der Waals surface area contributed by atoms with Gasteiger partial charge in [0.05, 0.1) is 17.6 Å². The summed E-state index contributed by atoms with van der Waals surface area (Å²) in [5, 5.41) is 19.2.